The molecule has 0 saturated heterocycles. The van der Waals surface area contributed by atoms with Crippen LogP contribution in [0.2, 0.25) is 0 Å². The maximum Gasteiger partial charge on any atom is 0.132 e. The van der Waals surface area contributed by atoms with Crippen LogP contribution in [-0.2, 0) is 6.61 Å². The average Bonchev–Trinajstić information content (AvgIpc) is 2.54. The summed E-state index contributed by atoms with van der Waals surface area (Å²) in [6.07, 6.45) is 1.57. The van der Waals surface area contributed by atoms with Crippen molar-refractivity contribution in [3.8, 4) is 11.8 Å². The van der Waals surface area contributed by atoms with E-state index < -0.39 is 11.6 Å². The van der Waals surface area contributed by atoms with Gasteiger partial charge in [-0.2, -0.15) is 5.26 Å². The summed E-state index contributed by atoms with van der Waals surface area (Å²) in [7, 11) is 0. The lowest BCUT2D eigenvalue weighted by Crippen LogP contribution is -2.02. The van der Waals surface area contributed by atoms with E-state index in [0.717, 1.165) is 5.56 Å². The number of halogens is 2. The van der Waals surface area contributed by atoms with E-state index in [4.69, 9.17) is 4.74 Å². The number of ether oxygens (including phenoxy) is 1. The highest BCUT2D eigenvalue weighted by Gasteiger charge is 2.11. The summed E-state index contributed by atoms with van der Waals surface area (Å²) in [6.45, 7) is 1.61. The summed E-state index contributed by atoms with van der Waals surface area (Å²) in [5.41, 5.74) is 1.87. The number of aromatic nitrogens is 1. The smallest absolute Gasteiger partial charge is 0.132 e. The van der Waals surface area contributed by atoms with Crippen molar-refractivity contribution < 1.29 is 13.5 Å². The maximum absolute atomic E-state index is 13.6. The fourth-order valence-corrected chi connectivity index (χ4v) is 2.41. The second kappa shape index (κ2) is 6.01. The molecule has 3 nitrogen and oxygen atoms in total. The molecule has 0 fully saturated rings. The minimum atomic E-state index is -0.651. The van der Waals surface area contributed by atoms with Gasteiger partial charge in [0.05, 0.1) is 22.7 Å². The van der Waals surface area contributed by atoms with Crippen molar-refractivity contribution in [3.05, 3.63) is 70.9 Å². The zero-order chi connectivity index (χ0) is 16.4. The van der Waals surface area contributed by atoms with Gasteiger partial charge in [-0.3, -0.25) is 4.98 Å². The number of fused-ring (bicyclic) bond motifs is 1. The van der Waals surface area contributed by atoms with E-state index >= 15 is 0 Å². The molecule has 23 heavy (non-hydrogen) atoms. The van der Waals surface area contributed by atoms with Crippen LogP contribution in [-0.4, -0.2) is 4.98 Å². The van der Waals surface area contributed by atoms with Crippen molar-refractivity contribution >= 4 is 10.9 Å². The lowest BCUT2D eigenvalue weighted by atomic mass is 10.1. The largest absolute Gasteiger partial charge is 0.489 e. The van der Waals surface area contributed by atoms with Crippen molar-refractivity contribution in [3.63, 3.8) is 0 Å². The number of rotatable bonds is 3. The Kier molecular flexibility index (Phi) is 3.90. The standard InChI is InChI=1S/C18H12F2N2O/c1-11-7-13(8-14-12(9-21)5-6-22-18(11)14)23-10-15-16(19)3-2-4-17(15)20/h2-8H,10H2,1H3. The first kappa shape index (κ1) is 14.9. The first-order chi connectivity index (χ1) is 11.1. The summed E-state index contributed by atoms with van der Waals surface area (Å²) < 4.78 is 32.8. The molecular formula is C18H12F2N2O. The van der Waals surface area contributed by atoms with Gasteiger partial charge in [0.2, 0.25) is 0 Å². The molecule has 0 amide bonds. The normalized spacial score (nSPS) is 10.5. The monoisotopic (exact) mass is 310 g/mol. The van der Waals surface area contributed by atoms with Crippen LogP contribution in [0.3, 0.4) is 0 Å². The van der Waals surface area contributed by atoms with Crippen molar-refractivity contribution in [2.24, 2.45) is 0 Å². The SMILES string of the molecule is Cc1cc(OCc2c(F)cccc2F)cc2c(C#N)ccnc12. The van der Waals surface area contributed by atoms with E-state index in [1.807, 2.05) is 6.92 Å². The van der Waals surface area contributed by atoms with Crippen molar-refractivity contribution in [1.29, 1.82) is 5.26 Å². The predicted molar refractivity (Wildman–Crippen MR) is 81.9 cm³/mol. The zero-order valence-electron chi connectivity index (χ0n) is 12.3. The number of hydrogen-bond donors (Lipinski definition) is 0. The highest BCUT2D eigenvalue weighted by Crippen LogP contribution is 2.27. The van der Waals surface area contributed by atoms with E-state index in [2.05, 4.69) is 11.1 Å². The molecule has 0 unspecified atom stereocenters. The fourth-order valence-electron chi connectivity index (χ4n) is 2.41. The molecule has 114 valence electrons. The topological polar surface area (TPSA) is 45.9 Å². The van der Waals surface area contributed by atoms with E-state index in [-0.39, 0.29) is 12.2 Å². The van der Waals surface area contributed by atoms with Gasteiger partial charge in [-0.1, -0.05) is 6.07 Å². The molecule has 0 aliphatic rings. The van der Waals surface area contributed by atoms with Gasteiger partial charge in [0.25, 0.3) is 0 Å². The third kappa shape index (κ3) is 2.84. The van der Waals surface area contributed by atoms with E-state index in [0.29, 0.717) is 22.2 Å². The highest BCUT2D eigenvalue weighted by atomic mass is 19.1. The first-order valence-electron chi connectivity index (χ1n) is 6.95. The van der Waals surface area contributed by atoms with Crippen molar-refractivity contribution in [2.45, 2.75) is 13.5 Å². The van der Waals surface area contributed by atoms with E-state index in [1.54, 1.807) is 24.4 Å². The summed E-state index contributed by atoms with van der Waals surface area (Å²) >= 11 is 0. The second-order valence-electron chi connectivity index (χ2n) is 5.10. The van der Waals surface area contributed by atoms with Crippen LogP contribution >= 0.6 is 0 Å². The summed E-state index contributed by atoms with van der Waals surface area (Å²) in [6, 6.07) is 10.8. The molecule has 0 spiro atoms. The van der Waals surface area contributed by atoms with Gasteiger partial charge in [0.1, 0.15) is 24.0 Å². The quantitative estimate of drug-likeness (QED) is 0.725. The van der Waals surface area contributed by atoms with Gasteiger partial charge in [-0.05, 0) is 42.8 Å². The summed E-state index contributed by atoms with van der Waals surface area (Å²) in [5, 5.41) is 9.83. The molecule has 0 radical (unpaired) electrons. The zero-order valence-corrected chi connectivity index (χ0v) is 12.3. The Morgan fingerprint density at radius 2 is 1.91 bits per heavy atom. The molecule has 2 aromatic carbocycles. The van der Waals surface area contributed by atoms with Crippen LogP contribution in [0.25, 0.3) is 10.9 Å². The number of nitrogens with zero attached hydrogens (tertiary/aromatic N) is 2. The molecular weight excluding hydrogens is 298 g/mol. The fraction of sp³-hybridized carbons (Fsp3) is 0.111. The predicted octanol–water partition coefficient (Wildman–Crippen LogP) is 4.27. The van der Waals surface area contributed by atoms with Gasteiger partial charge in [-0.15, -0.1) is 0 Å². The molecule has 3 rings (SSSR count). The van der Waals surface area contributed by atoms with Gasteiger partial charge < -0.3 is 4.74 Å². The van der Waals surface area contributed by atoms with Crippen LogP contribution in [0.4, 0.5) is 8.78 Å². The number of aryl methyl sites for hydroxylation is 1. The van der Waals surface area contributed by atoms with Crippen LogP contribution in [0.15, 0.2) is 42.6 Å². The maximum atomic E-state index is 13.6. The molecule has 0 aliphatic heterocycles. The van der Waals surface area contributed by atoms with Crippen LogP contribution in [0.1, 0.15) is 16.7 Å². The van der Waals surface area contributed by atoms with Crippen molar-refractivity contribution in [2.75, 3.05) is 0 Å². The highest BCUT2D eigenvalue weighted by molar-refractivity contribution is 5.88. The Morgan fingerprint density at radius 1 is 1.17 bits per heavy atom. The summed E-state index contributed by atoms with van der Waals surface area (Å²) in [4.78, 5) is 4.25. The van der Waals surface area contributed by atoms with Gasteiger partial charge in [0.15, 0.2) is 0 Å². The number of benzene rings is 2. The Labute approximate surface area is 131 Å². The molecule has 0 saturated carbocycles. The minimum Gasteiger partial charge on any atom is -0.489 e. The van der Waals surface area contributed by atoms with Gasteiger partial charge in [0, 0.05) is 11.6 Å². The third-order valence-corrected chi connectivity index (χ3v) is 3.57. The minimum absolute atomic E-state index is 0.128. The molecule has 3 aromatic rings. The first-order valence-corrected chi connectivity index (χ1v) is 6.95. The number of hydrogen-bond acceptors (Lipinski definition) is 3. The molecule has 0 atom stereocenters. The molecule has 1 heterocycles. The molecule has 5 heteroatoms. The van der Waals surface area contributed by atoms with Crippen LogP contribution in [0.5, 0.6) is 5.75 Å². The Hall–Kier alpha value is -3.00. The van der Waals surface area contributed by atoms with Crippen LogP contribution in [0, 0.1) is 29.9 Å². The van der Waals surface area contributed by atoms with Crippen LogP contribution < -0.4 is 4.74 Å². The number of nitriles is 1. The van der Waals surface area contributed by atoms with E-state index in [9.17, 15) is 14.0 Å². The third-order valence-electron chi connectivity index (χ3n) is 3.57. The molecule has 1 aromatic heterocycles. The molecule has 0 bridgehead atoms. The van der Waals surface area contributed by atoms with Gasteiger partial charge in [-0.25, -0.2) is 8.78 Å². The Balaban J connectivity index is 1.97. The summed E-state index contributed by atoms with van der Waals surface area (Å²) in [5.74, 6) is -0.870. The number of pyridine rings is 1. The molecule has 0 N–H and O–H groups in total. The molecule has 0 aliphatic carbocycles. The van der Waals surface area contributed by atoms with Gasteiger partial charge >= 0.3 is 0 Å². The lowest BCUT2D eigenvalue weighted by molar-refractivity contribution is 0.293. The Morgan fingerprint density at radius 3 is 2.61 bits per heavy atom. The van der Waals surface area contributed by atoms with E-state index in [1.165, 1.54) is 18.2 Å². The second-order valence-corrected chi connectivity index (χ2v) is 5.10. The lowest BCUT2D eigenvalue weighted by Gasteiger charge is -2.11. The average molecular weight is 310 g/mol. The Bertz CT molecular complexity index is 912. The van der Waals surface area contributed by atoms with Crippen molar-refractivity contribution in [1.82, 2.24) is 4.98 Å².